The number of aryl methyl sites for hydroxylation is 2. The lowest BCUT2D eigenvalue weighted by Crippen LogP contribution is -2.33. The van der Waals surface area contributed by atoms with Crippen LogP contribution in [-0.2, 0) is 27.9 Å². The van der Waals surface area contributed by atoms with Gasteiger partial charge in [-0.15, -0.1) is 0 Å². The fraction of sp³-hybridized carbons (Fsp3) is 0.350. The molecule has 1 aromatic carbocycles. The van der Waals surface area contributed by atoms with E-state index in [2.05, 4.69) is 5.10 Å². The minimum atomic E-state index is -0.545. The van der Waals surface area contributed by atoms with Crippen molar-refractivity contribution in [2.24, 2.45) is 7.05 Å². The smallest absolute Gasteiger partial charge is 0.331 e. The zero-order valence-corrected chi connectivity index (χ0v) is 15.7. The number of aromatic nitrogens is 2. The third kappa shape index (κ3) is 5.05. The maximum atomic E-state index is 12.3. The van der Waals surface area contributed by atoms with Gasteiger partial charge in [0.1, 0.15) is 0 Å². The Bertz CT molecular complexity index is 794. The Hall–Kier alpha value is -2.89. The second-order valence-corrected chi connectivity index (χ2v) is 6.04. The summed E-state index contributed by atoms with van der Waals surface area (Å²) in [4.78, 5) is 25.8. The molecule has 0 aliphatic carbocycles. The molecule has 0 saturated carbocycles. The Labute approximate surface area is 154 Å². The van der Waals surface area contributed by atoms with Gasteiger partial charge in [-0.1, -0.05) is 30.3 Å². The number of carbonyl (C=O) groups excluding carboxylic acids is 2. The van der Waals surface area contributed by atoms with E-state index in [0.717, 1.165) is 22.5 Å². The minimum absolute atomic E-state index is 0.216. The van der Waals surface area contributed by atoms with E-state index in [9.17, 15) is 9.59 Å². The summed E-state index contributed by atoms with van der Waals surface area (Å²) in [6.45, 7) is 6.49. The Morgan fingerprint density at radius 2 is 1.92 bits per heavy atom. The van der Waals surface area contributed by atoms with Gasteiger partial charge in [0.05, 0.1) is 5.69 Å². The first kappa shape index (κ1) is 19.4. The average Bonchev–Trinajstić information content (AvgIpc) is 2.88. The van der Waals surface area contributed by atoms with Gasteiger partial charge in [0, 0.05) is 37.5 Å². The highest BCUT2D eigenvalue weighted by Gasteiger charge is 2.14. The SMILES string of the molecule is CCN(Cc1ccccc1)C(=O)COC(=O)/C=C/c1c(C)nn(C)c1C. The molecular formula is C20H25N3O3. The van der Waals surface area contributed by atoms with Crippen LogP contribution in [0.25, 0.3) is 6.08 Å². The number of benzene rings is 1. The number of ether oxygens (including phenoxy) is 1. The van der Waals surface area contributed by atoms with Crippen LogP contribution < -0.4 is 0 Å². The van der Waals surface area contributed by atoms with Crippen LogP contribution in [0.15, 0.2) is 36.4 Å². The molecule has 138 valence electrons. The number of nitrogens with zero attached hydrogens (tertiary/aromatic N) is 3. The third-order valence-electron chi connectivity index (χ3n) is 4.24. The highest BCUT2D eigenvalue weighted by atomic mass is 16.5. The van der Waals surface area contributed by atoms with Crippen molar-refractivity contribution in [1.29, 1.82) is 0 Å². The van der Waals surface area contributed by atoms with Crippen LogP contribution >= 0.6 is 0 Å². The van der Waals surface area contributed by atoms with Crippen LogP contribution in [0, 0.1) is 13.8 Å². The first-order valence-corrected chi connectivity index (χ1v) is 8.59. The molecule has 1 aromatic heterocycles. The van der Waals surface area contributed by atoms with Gasteiger partial charge in [0.2, 0.25) is 0 Å². The second kappa shape index (κ2) is 8.99. The fourth-order valence-corrected chi connectivity index (χ4v) is 2.63. The number of hydrogen-bond acceptors (Lipinski definition) is 4. The normalized spacial score (nSPS) is 10.9. The molecule has 2 aromatic rings. The Kier molecular flexibility index (Phi) is 6.72. The maximum Gasteiger partial charge on any atom is 0.331 e. The highest BCUT2D eigenvalue weighted by Crippen LogP contribution is 2.13. The Morgan fingerprint density at radius 3 is 2.50 bits per heavy atom. The highest BCUT2D eigenvalue weighted by molar-refractivity contribution is 5.89. The standard InChI is InChI=1S/C20H25N3O3/c1-5-23(13-17-9-7-6-8-10-17)19(24)14-26-20(25)12-11-18-15(2)21-22(4)16(18)3/h6-12H,5,13-14H2,1-4H3/b12-11+. The Balaban J connectivity index is 1.89. The average molecular weight is 355 g/mol. The van der Waals surface area contributed by atoms with Crippen molar-refractivity contribution in [3.8, 4) is 0 Å². The zero-order valence-electron chi connectivity index (χ0n) is 15.7. The second-order valence-electron chi connectivity index (χ2n) is 6.04. The summed E-state index contributed by atoms with van der Waals surface area (Å²) in [6.07, 6.45) is 3.00. The van der Waals surface area contributed by atoms with Crippen molar-refractivity contribution in [1.82, 2.24) is 14.7 Å². The fourth-order valence-electron chi connectivity index (χ4n) is 2.63. The van der Waals surface area contributed by atoms with Crippen LogP contribution in [0.5, 0.6) is 0 Å². The molecule has 0 spiro atoms. The van der Waals surface area contributed by atoms with Crippen LogP contribution in [0.4, 0.5) is 0 Å². The largest absolute Gasteiger partial charge is 0.452 e. The molecule has 1 heterocycles. The van der Waals surface area contributed by atoms with Crippen molar-refractivity contribution in [2.45, 2.75) is 27.3 Å². The molecule has 1 amide bonds. The lowest BCUT2D eigenvalue weighted by molar-refractivity contribution is -0.148. The monoisotopic (exact) mass is 355 g/mol. The summed E-state index contributed by atoms with van der Waals surface area (Å²) >= 11 is 0. The van der Waals surface area contributed by atoms with Crippen LogP contribution in [0.1, 0.15) is 29.4 Å². The molecule has 2 rings (SSSR count). The van der Waals surface area contributed by atoms with E-state index >= 15 is 0 Å². The number of hydrogen-bond donors (Lipinski definition) is 0. The van der Waals surface area contributed by atoms with Crippen LogP contribution in [-0.4, -0.2) is 39.7 Å². The number of carbonyl (C=O) groups is 2. The van der Waals surface area contributed by atoms with Gasteiger partial charge >= 0.3 is 5.97 Å². The van der Waals surface area contributed by atoms with Crippen molar-refractivity contribution in [3.05, 3.63) is 58.9 Å². The first-order valence-electron chi connectivity index (χ1n) is 8.59. The minimum Gasteiger partial charge on any atom is -0.452 e. The number of likely N-dealkylation sites (N-methyl/N-ethyl adjacent to an activating group) is 1. The Morgan fingerprint density at radius 1 is 1.23 bits per heavy atom. The maximum absolute atomic E-state index is 12.3. The summed E-state index contributed by atoms with van der Waals surface area (Å²) in [5, 5.41) is 4.29. The summed E-state index contributed by atoms with van der Waals surface area (Å²) in [5.74, 6) is -0.761. The lowest BCUT2D eigenvalue weighted by Gasteiger charge is -2.20. The van der Waals surface area contributed by atoms with E-state index in [4.69, 9.17) is 4.74 Å². The molecule has 0 radical (unpaired) electrons. The van der Waals surface area contributed by atoms with E-state index < -0.39 is 5.97 Å². The van der Waals surface area contributed by atoms with E-state index in [1.54, 1.807) is 15.7 Å². The molecular weight excluding hydrogens is 330 g/mol. The third-order valence-corrected chi connectivity index (χ3v) is 4.24. The van der Waals surface area contributed by atoms with Gasteiger partial charge < -0.3 is 9.64 Å². The molecule has 0 unspecified atom stereocenters. The van der Waals surface area contributed by atoms with Crippen LogP contribution in [0.3, 0.4) is 0 Å². The molecule has 0 N–H and O–H groups in total. The van der Waals surface area contributed by atoms with Gasteiger partial charge in [-0.05, 0) is 32.4 Å². The van der Waals surface area contributed by atoms with E-state index in [0.29, 0.717) is 13.1 Å². The summed E-state index contributed by atoms with van der Waals surface area (Å²) in [5.41, 5.74) is 3.72. The van der Waals surface area contributed by atoms with Crippen molar-refractivity contribution < 1.29 is 14.3 Å². The van der Waals surface area contributed by atoms with Gasteiger partial charge in [0.15, 0.2) is 6.61 Å². The lowest BCUT2D eigenvalue weighted by atomic mass is 10.2. The van der Waals surface area contributed by atoms with Crippen molar-refractivity contribution >= 4 is 18.0 Å². The molecule has 6 nitrogen and oxygen atoms in total. The van der Waals surface area contributed by atoms with Crippen molar-refractivity contribution in [3.63, 3.8) is 0 Å². The summed E-state index contributed by atoms with van der Waals surface area (Å²) in [7, 11) is 1.85. The molecule has 0 fully saturated rings. The zero-order chi connectivity index (χ0) is 19.1. The summed E-state index contributed by atoms with van der Waals surface area (Å²) in [6, 6.07) is 9.72. The number of rotatable bonds is 7. The van der Waals surface area contributed by atoms with E-state index in [-0.39, 0.29) is 12.5 Å². The summed E-state index contributed by atoms with van der Waals surface area (Å²) < 4.78 is 6.84. The molecule has 0 atom stereocenters. The molecule has 0 bridgehead atoms. The van der Waals surface area contributed by atoms with E-state index in [1.807, 2.05) is 58.2 Å². The number of esters is 1. The topological polar surface area (TPSA) is 64.4 Å². The van der Waals surface area contributed by atoms with Crippen LogP contribution in [0.2, 0.25) is 0 Å². The van der Waals surface area contributed by atoms with Gasteiger partial charge in [-0.2, -0.15) is 5.10 Å². The predicted octanol–water partition coefficient (Wildman–Crippen LogP) is 2.64. The van der Waals surface area contributed by atoms with Gasteiger partial charge in [0.25, 0.3) is 5.91 Å². The quantitative estimate of drug-likeness (QED) is 0.566. The van der Waals surface area contributed by atoms with Crippen molar-refractivity contribution in [2.75, 3.05) is 13.2 Å². The molecule has 26 heavy (non-hydrogen) atoms. The molecule has 6 heteroatoms. The predicted molar refractivity (Wildman–Crippen MR) is 100 cm³/mol. The molecule has 0 saturated heterocycles. The molecule has 0 aliphatic heterocycles. The van der Waals surface area contributed by atoms with E-state index in [1.165, 1.54) is 6.08 Å². The van der Waals surface area contributed by atoms with Gasteiger partial charge in [-0.3, -0.25) is 9.48 Å². The first-order chi connectivity index (χ1) is 12.4. The van der Waals surface area contributed by atoms with Gasteiger partial charge in [-0.25, -0.2) is 4.79 Å². The number of amides is 1. The molecule has 0 aliphatic rings.